The van der Waals surface area contributed by atoms with Crippen LogP contribution in [0.1, 0.15) is 74.5 Å². The maximum Gasteiger partial charge on any atom is 0.332 e. The molecule has 11 nitrogen and oxygen atoms in total. The Morgan fingerprint density at radius 3 is 2.02 bits per heavy atom. The number of amides is 3. The lowest BCUT2D eigenvalue weighted by atomic mass is 10.0. The predicted octanol–water partition coefficient (Wildman–Crippen LogP) is 3.56. The number of hydroxylamine groups is 1. The van der Waals surface area contributed by atoms with Crippen molar-refractivity contribution in [3.05, 3.63) is 71.3 Å². The van der Waals surface area contributed by atoms with Crippen LogP contribution < -0.4 is 16.1 Å². The van der Waals surface area contributed by atoms with Gasteiger partial charge in [0.2, 0.25) is 11.8 Å². The molecule has 0 spiro atoms. The van der Waals surface area contributed by atoms with Gasteiger partial charge in [0.25, 0.3) is 5.91 Å². The van der Waals surface area contributed by atoms with Crippen LogP contribution >= 0.6 is 0 Å². The molecule has 0 unspecified atom stereocenters. The van der Waals surface area contributed by atoms with E-state index in [1.54, 1.807) is 0 Å². The number of Topliss-reactive ketones (excluding diaryl/α,β-unsaturated/α-hetero) is 1. The summed E-state index contributed by atoms with van der Waals surface area (Å²) in [4.78, 5) is 65.9. The Kier molecular flexibility index (Phi) is 19.3. The molecule has 0 saturated heterocycles. The molecule has 2 rings (SSSR count). The minimum absolute atomic E-state index is 0.0208. The Hall–Kier alpha value is -4.09. The van der Waals surface area contributed by atoms with Crippen molar-refractivity contribution in [3.63, 3.8) is 0 Å². The normalized spacial score (nSPS) is 11.3. The van der Waals surface area contributed by atoms with Crippen molar-refractivity contribution in [2.45, 2.75) is 83.1 Å². The van der Waals surface area contributed by atoms with Gasteiger partial charge in [0.05, 0.1) is 19.1 Å². The quantitative estimate of drug-likeness (QED) is 0.124. The number of benzene rings is 2. The number of carbonyl (C=O) groups excluding carboxylic acids is 5. The van der Waals surface area contributed by atoms with Crippen LogP contribution in [0.4, 0.5) is 0 Å². The molecular formula is C35H49N3O8. The highest BCUT2D eigenvalue weighted by atomic mass is 16.7. The van der Waals surface area contributed by atoms with Crippen molar-refractivity contribution in [1.29, 1.82) is 0 Å². The van der Waals surface area contributed by atoms with Crippen molar-refractivity contribution >= 4 is 29.5 Å². The molecule has 0 heterocycles. The molecule has 3 amide bonds. The summed E-state index contributed by atoms with van der Waals surface area (Å²) in [5.74, 6) is -1.83. The summed E-state index contributed by atoms with van der Waals surface area (Å²) in [6, 6.07) is 17.6. The summed E-state index contributed by atoms with van der Waals surface area (Å²) in [5.41, 5.74) is 5.55. The molecule has 0 aliphatic heterocycles. The molecule has 2 aromatic rings. The number of methoxy groups -OCH3 is 2. The van der Waals surface area contributed by atoms with Gasteiger partial charge in [0.15, 0.2) is 5.78 Å². The smallest absolute Gasteiger partial charge is 0.332 e. The highest BCUT2D eigenvalue weighted by molar-refractivity contribution is 5.89. The minimum atomic E-state index is -0.713. The van der Waals surface area contributed by atoms with Gasteiger partial charge in [-0.05, 0) is 68.1 Å². The molecule has 1 atom stereocenters. The van der Waals surface area contributed by atoms with E-state index in [0.29, 0.717) is 25.8 Å². The van der Waals surface area contributed by atoms with E-state index in [9.17, 15) is 24.0 Å². The lowest BCUT2D eigenvalue weighted by molar-refractivity contribution is -0.158. The highest BCUT2D eigenvalue weighted by Gasteiger charge is 2.21. The van der Waals surface area contributed by atoms with Gasteiger partial charge in [-0.1, -0.05) is 54.6 Å². The van der Waals surface area contributed by atoms with Gasteiger partial charge in [0, 0.05) is 40.0 Å². The number of unbranched alkanes of at least 4 members (excludes halogenated alkanes) is 2. The van der Waals surface area contributed by atoms with Crippen LogP contribution in [0.5, 0.6) is 0 Å². The fourth-order valence-electron chi connectivity index (χ4n) is 4.75. The van der Waals surface area contributed by atoms with E-state index in [4.69, 9.17) is 14.3 Å². The van der Waals surface area contributed by atoms with Crippen LogP contribution in [0.15, 0.2) is 54.6 Å². The van der Waals surface area contributed by atoms with Crippen LogP contribution in [0.3, 0.4) is 0 Å². The van der Waals surface area contributed by atoms with Gasteiger partial charge in [-0.25, -0.2) is 4.79 Å². The maximum absolute atomic E-state index is 12.9. The average Bonchev–Trinajstić information content (AvgIpc) is 3.05. The van der Waals surface area contributed by atoms with Crippen molar-refractivity contribution in [1.82, 2.24) is 16.1 Å². The number of carbonyl (C=O) groups is 5. The fraction of sp³-hybridized carbons (Fsp3) is 0.514. The van der Waals surface area contributed by atoms with Gasteiger partial charge >= 0.3 is 5.97 Å². The van der Waals surface area contributed by atoms with E-state index in [1.165, 1.54) is 25.3 Å². The number of hydrogen-bond donors (Lipinski definition) is 3. The predicted molar refractivity (Wildman–Crippen MR) is 173 cm³/mol. The number of ether oxygens (including phenoxy) is 2. The second kappa shape index (κ2) is 23.3. The number of aryl methyl sites for hydroxylation is 2. The number of ketones is 1. The Bertz CT molecular complexity index is 1200. The molecular weight excluding hydrogens is 590 g/mol. The van der Waals surface area contributed by atoms with E-state index in [0.717, 1.165) is 31.2 Å². The van der Waals surface area contributed by atoms with Crippen LogP contribution in [-0.4, -0.2) is 69.5 Å². The Labute approximate surface area is 272 Å². The van der Waals surface area contributed by atoms with Gasteiger partial charge in [0.1, 0.15) is 6.61 Å². The molecule has 2 aromatic carbocycles. The summed E-state index contributed by atoms with van der Waals surface area (Å²) in [6.07, 6.45) is 6.22. The lowest BCUT2D eigenvalue weighted by Gasteiger charge is -2.18. The van der Waals surface area contributed by atoms with Gasteiger partial charge in [-0.3, -0.25) is 19.2 Å². The first-order chi connectivity index (χ1) is 22.3. The second-order valence-corrected chi connectivity index (χ2v) is 11.1. The van der Waals surface area contributed by atoms with E-state index in [2.05, 4.69) is 40.4 Å². The van der Waals surface area contributed by atoms with E-state index >= 15 is 0 Å². The summed E-state index contributed by atoms with van der Waals surface area (Å²) >= 11 is 0. The zero-order chi connectivity index (χ0) is 33.4. The molecule has 0 fully saturated rings. The van der Waals surface area contributed by atoms with Crippen LogP contribution in [-0.2, 0) is 57.5 Å². The van der Waals surface area contributed by atoms with Crippen LogP contribution in [0.25, 0.3) is 0 Å². The van der Waals surface area contributed by atoms with E-state index in [-0.39, 0.29) is 62.9 Å². The number of rotatable bonds is 23. The third-order valence-corrected chi connectivity index (χ3v) is 7.27. The average molecular weight is 640 g/mol. The summed E-state index contributed by atoms with van der Waals surface area (Å²) < 4.78 is 9.70. The topological polar surface area (TPSA) is 149 Å². The monoisotopic (exact) mass is 639 g/mol. The molecule has 0 radical (unpaired) electrons. The van der Waals surface area contributed by atoms with E-state index in [1.807, 2.05) is 30.3 Å². The summed E-state index contributed by atoms with van der Waals surface area (Å²) in [6.45, 7) is 0.642. The SMILES string of the molecule is COCCC(=O)N[C@@H](CCCCNC(=O)COC)C(=O)CCCC(=O)ONC(=O)Cc1ccc(CCCCc2ccccc2)cc1. The molecule has 0 bridgehead atoms. The molecule has 0 aliphatic carbocycles. The zero-order valence-electron chi connectivity index (χ0n) is 27.1. The molecule has 0 saturated carbocycles. The molecule has 252 valence electrons. The first-order valence-electron chi connectivity index (χ1n) is 16.0. The Morgan fingerprint density at radius 1 is 0.674 bits per heavy atom. The van der Waals surface area contributed by atoms with Gasteiger partial charge in [-0.2, -0.15) is 5.48 Å². The van der Waals surface area contributed by atoms with Gasteiger partial charge < -0.3 is 24.9 Å². The lowest BCUT2D eigenvalue weighted by Crippen LogP contribution is -2.41. The minimum Gasteiger partial charge on any atom is -0.384 e. The van der Waals surface area contributed by atoms with E-state index < -0.39 is 17.9 Å². The van der Waals surface area contributed by atoms with Crippen molar-refractivity contribution in [3.8, 4) is 0 Å². The summed E-state index contributed by atoms with van der Waals surface area (Å²) in [7, 11) is 2.93. The Balaban J connectivity index is 1.66. The van der Waals surface area contributed by atoms with Gasteiger partial charge in [-0.15, -0.1) is 0 Å². The zero-order valence-corrected chi connectivity index (χ0v) is 27.1. The largest absolute Gasteiger partial charge is 0.384 e. The van der Waals surface area contributed by atoms with Crippen LogP contribution in [0, 0.1) is 0 Å². The summed E-state index contributed by atoms with van der Waals surface area (Å²) in [5, 5.41) is 5.46. The van der Waals surface area contributed by atoms with Crippen molar-refractivity contribution < 1.29 is 38.3 Å². The third kappa shape index (κ3) is 17.4. The molecule has 3 N–H and O–H groups in total. The van der Waals surface area contributed by atoms with Crippen molar-refractivity contribution in [2.24, 2.45) is 0 Å². The third-order valence-electron chi connectivity index (χ3n) is 7.27. The highest BCUT2D eigenvalue weighted by Crippen LogP contribution is 2.12. The van der Waals surface area contributed by atoms with Crippen LogP contribution in [0.2, 0.25) is 0 Å². The van der Waals surface area contributed by atoms with Crippen molar-refractivity contribution in [2.75, 3.05) is 34.0 Å². The molecule has 0 aliphatic rings. The molecule has 11 heteroatoms. The number of hydrogen-bond acceptors (Lipinski definition) is 8. The Morgan fingerprint density at radius 2 is 1.35 bits per heavy atom. The molecule has 0 aromatic heterocycles. The second-order valence-electron chi connectivity index (χ2n) is 11.1. The molecule has 46 heavy (non-hydrogen) atoms. The fourth-order valence-corrected chi connectivity index (χ4v) is 4.75. The first kappa shape index (κ1) is 38.1. The standard InChI is InChI=1S/C35H49N3O8/c1-44-24-22-32(40)37-30(15-8-9-23-36-34(42)26-45-2)31(39)16-10-17-35(43)46-38-33(41)25-29-20-18-28(19-21-29)14-7-6-13-27-11-4-3-5-12-27/h3-5,11-12,18-21,30H,6-10,13-17,22-26H2,1-2H3,(H,36,42)(H,37,40)(H,38,41)/t30-/m0/s1. The maximum atomic E-state index is 12.9. The number of nitrogens with one attached hydrogen (secondary N) is 3. The first-order valence-corrected chi connectivity index (χ1v) is 16.0.